The summed E-state index contributed by atoms with van der Waals surface area (Å²) in [4.78, 5) is 0. The summed E-state index contributed by atoms with van der Waals surface area (Å²) in [7, 11) is 0. The predicted molar refractivity (Wildman–Crippen MR) is 50.0 cm³/mol. The molecule has 0 radical (unpaired) electrons. The van der Waals surface area contributed by atoms with Gasteiger partial charge in [0.15, 0.2) is 0 Å². The van der Waals surface area contributed by atoms with E-state index in [1.54, 1.807) is 6.92 Å². The third-order valence-electron chi connectivity index (χ3n) is 1.97. The van der Waals surface area contributed by atoms with Crippen molar-refractivity contribution in [2.45, 2.75) is 40.2 Å². The van der Waals surface area contributed by atoms with Gasteiger partial charge in [-0.3, -0.25) is 0 Å². The van der Waals surface area contributed by atoms with Crippen LogP contribution in [0.4, 0.5) is 0 Å². The Morgan fingerprint density at radius 3 is 2.00 bits per heavy atom. The number of allylic oxidation sites excluding steroid dienone is 1. The maximum absolute atomic E-state index is 7.41. The Hall–Kier alpha value is -0.630. The molecule has 11 heavy (non-hydrogen) atoms. The minimum absolute atomic E-state index is 0.0836. The van der Waals surface area contributed by atoms with Crippen molar-refractivity contribution in [3.63, 3.8) is 0 Å². The monoisotopic (exact) mass is 154 g/mol. The lowest BCUT2D eigenvalue weighted by Crippen LogP contribution is -2.20. The topological polar surface area (TPSA) is 49.9 Å². The Morgan fingerprint density at radius 1 is 1.45 bits per heavy atom. The maximum Gasteiger partial charge on any atom is 0.0312 e. The van der Waals surface area contributed by atoms with Crippen LogP contribution >= 0.6 is 0 Å². The molecule has 0 fully saturated rings. The highest BCUT2D eigenvalue weighted by Crippen LogP contribution is 2.12. The van der Waals surface area contributed by atoms with Gasteiger partial charge in [0, 0.05) is 11.8 Å². The Kier molecular flexibility index (Phi) is 4.04. The molecule has 0 aliphatic carbocycles. The molecule has 0 bridgehead atoms. The van der Waals surface area contributed by atoms with E-state index in [9.17, 15) is 0 Å². The molecule has 0 aromatic rings. The summed E-state index contributed by atoms with van der Waals surface area (Å²) in [6.45, 7) is 7.80. The average Bonchev–Trinajstić information content (AvgIpc) is 1.88. The van der Waals surface area contributed by atoms with Gasteiger partial charge in [0.1, 0.15) is 0 Å². The van der Waals surface area contributed by atoms with Gasteiger partial charge in [-0.05, 0) is 38.3 Å². The maximum atomic E-state index is 7.41. The molecule has 0 saturated heterocycles. The molecule has 0 aromatic heterocycles. The van der Waals surface area contributed by atoms with E-state index in [-0.39, 0.29) is 6.04 Å². The molecule has 0 amide bonds. The third kappa shape index (κ3) is 2.85. The van der Waals surface area contributed by atoms with Crippen LogP contribution in [0.15, 0.2) is 11.1 Å². The molecule has 0 aliphatic rings. The number of nitrogens with one attached hydrogen (secondary N) is 1. The second-order valence-corrected chi connectivity index (χ2v) is 2.92. The van der Waals surface area contributed by atoms with Crippen molar-refractivity contribution in [1.29, 1.82) is 5.41 Å². The molecule has 0 aliphatic heterocycles. The largest absolute Gasteiger partial charge is 0.324 e. The van der Waals surface area contributed by atoms with E-state index in [2.05, 4.69) is 6.92 Å². The van der Waals surface area contributed by atoms with Crippen LogP contribution in [-0.2, 0) is 0 Å². The first-order valence-corrected chi connectivity index (χ1v) is 4.01. The Balaban J connectivity index is 4.68. The number of rotatable bonds is 3. The van der Waals surface area contributed by atoms with E-state index < -0.39 is 0 Å². The molecule has 2 nitrogen and oxygen atoms in total. The van der Waals surface area contributed by atoms with Gasteiger partial charge in [0.05, 0.1) is 0 Å². The number of nitrogens with two attached hydrogens (primary N) is 1. The Morgan fingerprint density at radius 2 is 1.91 bits per heavy atom. The second-order valence-electron chi connectivity index (χ2n) is 2.92. The Bertz CT molecular complexity index is 178. The van der Waals surface area contributed by atoms with Gasteiger partial charge in [-0.2, -0.15) is 0 Å². The first kappa shape index (κ1) is 10.4. The van der Waals surface area contributed by atoms with Crippen LogP contribution in [-0.4, -0.2) is 11.8 Å². The van der Waals surface area contributed by atoms with Crippen molar-refractivity contribution in [2.75, 3.05) is 0 Å². The Labute approximate surface area is 69.0 Å². The predicted octanol–water partition coefficient (Wildman–Crippen LogP) is 2.10. The smallest absolute Gasteiger partial charge is 0.0312 e. The fourth-order valence-electron chi connectivity index (χ4n) is 1.17. The van der Waals surface area contributed by atoms with Gasteiger partial charge in [-0.25, -0.2) is 0 Å². The molecule has 0 heterocycles. The van der Waals surface area contributed by atoms with Gasteiger partial charge in [-0.1, -0.05) is 6.92 Å². The minimum atomic E-state index is 0.0836. The summed E-state index contributed by atoms with van der Waals surface area (Å²) in [6, 6.07) is 0.0836. The molecule has 0 saturated carbocycles. The summed E-state index contributed by atoms with van der Waals surface area (Å²) in [5.74, 6) is 0. The van der Waals surface area contributed by atoms with Crippen molar-refractivity contribution >= 4 is 5.71 Å². The quantitative estimate of drug-likeness (QED) is 0.601. The fourth-order valence-corrected chi connectivity index (χ4v) is 1.17. The van der Waals surface area contributed by atoms with Crippen LogP contribution in [0.25, 0.3) is 0 Å². The van der Waals surface area contributed by atoms with Crippen LogP contribution in [0.5, 0.6) is 0 Å². The van der Waals surface area contributed by atoms with Crippen molar-refractivity contribution in [2.24, 2.45) is 5.73 Å². The number of hydrogen-bond acceptors (Lipinski definition) is 2. The second kappa shape index (κ2) is 4.29. The van der Waals surface area contributed by atoms with Gasteiger partial charge in [0.25, 0.3) is 0 Å². The van der Waals surface area contributed by atoms with E-state index in [0.29, 0.717) is 5.71 Å². The molecule has 0 rings (SSSR count). The van der Waals surface area contributed by atoms with Crippen molar-refractivity contribution in [3.8, 4) is 0 Å². The highest BCUT2D eigenvalue weighted by molar-refractivity contribution is 5.95. The van der Waals surface area contributed by atoms with Gasteiger partial charge in [-0.15, -0.1) is 0 Å². The van der Waals surface area contributed by atoms with Crippen LogP contribution in [0.1, 0.15) is 34.1 Å². The van der Waals surface area contributed by atoms with Gasteiger partial charge < -0.3 is 11.1 Å². The zero-order valence-corrected chi connectivity index (χ0v) is 7.86. The fraction of sp³-hybridized carbons (Fsp3) is 0.667. The standard InChI is InChI=1S/C9H18N2/c1-5-9(8(4)11)6(2)7(3)10/h8,10H,5,11H2,1-4H3/b9-6-,10-7?. The zero-order valence-electron chi connectivity index (χ0n) is 7.86. The van der Waals surface area contributed by atoms with E-state index in [1.165, 1.54) is 5.57 Å². The SMILES string of the molecule is CC/C(=C(\C)C(C)=N)C(C)N. The minimum Gasteiger partial charge on any atom is -0.324 e. The lowest BCUT2D eigenvalue weighted by molar-refractivity contribution is 0.805. The summed E-state index contributed by atoms with van der Waals surface area (Å²) < 4.78 is 0. The molecule has 64 valence electrons. The van der Waals surface area contributed by atoms with Crippen LogP contribution < -0.4 is 5.73 Å². The van der Waals surface area contributed by atoms with E-state index in [1.807, 2.05) is 13.8 Å². The zero-order chi connectivity index (χ0) is 9.02. The van der Waals surface area contributed by atoms with Gasteiger partial charge >= 0.3 is 0 Å². The highest BCUT2D eigenvalue weighted by Gasteiger charge is 2.06. The van der Waals surface area contributed by atoms with E-state index in [0.717, 1.165) is 12.0 Å². The van der Waals surface area contributed by atoms with Crippen LogP contribution in [0.2, 0.25) is 0 Å². The van der Waals surface area contributed by atoms with E-state index in [4.69, 9.17) is 11.1 Å². The van der Waals surface area contributed by atoms with Crippen molar-refractivity contribution in [3.05, 3.63) is 11.1 Å². The van der Waals surface area contributed by atoms with Crippen LogP contribution in [0.3, 0.4) is 0 Å². The van der Waals surface area contributed by atoms with Crippen molar-refractivity contribution in [1.82, 2.24) is 0 Å². The molecule has 0 spiro atoms. The molecular weight excluding hydrogens is 136 g/mol. The summed E-state index contributed by atoms with van der Waals surface area (Å²) in [5, 5.41) is 7.41. The first-order valence-electron chi connectivity index (χ1n) is 4.01. The molecular formula is C9H18N2. The van der Waals surface area contributed by atoms with Crippen LogP contribution in [0, 0.1) is 5.41 Å². The summed E-state index contributed by atoms with van der Waals surface area (Å²) in [5.41, 5.74) is 8.59. The molecule has 1 atom stereocenters. The molecule has 1 unspecified atom stereocenters. The normalized spacial score (nSPS) is 15.7. The molecule has 2 heteroatoms. The third-order valence-corrected chi connectivity index (χ3v) is 1.97. The van der Waals surface area contributed by atoms with Crippen molar-refractivity contribution < 1.29 is 0 Å². The molecule has 3 N–H and O–H groups in total. The molecule has 0 aromatic carbocycles. The lowest BCUT2D eigenvalue weighted by atomic mass is 9.98. The number of hydrogen-bond donors (Lipinski definition) is 2. The lowest BCUT2D eigenvalue weighted by Gasteiger charge is -2.12. The highest BCUT2D eigenvalue weighted by atomic mass is 14.6. The summed E-state index contributed by atoms with van der Waals surface area (Å²) >= 11 is 0. The first-order chi connectivity index (χ1) is 5.00. The average molecular weight is 154 g/mol. The van der Waals surface area contributed by atoms with Gasteiger partial charge in [0.2, 0.25) is 0 Å². The van der Waals surface area contributed by atoms with E-state index >= 15 is 0 Å². The summed E-state index contributed by atoms with van der Waals surface area (Å²) in [6.07, 6.45) is 0.944.